The first-order valence-corrected chi connectivity index (χ1v) is 5.04. The lowest BCUT2D eigenvalue weighted by Gasteiger charge is -2.05. The molecule has 13 heavy (non-hydrogen) atoms. The van der Waals surface area contributed by atoms with Gasteiger partial charge in [0.25, 0.3) is 0 Å². The Morgan fingerprint density at radius 2 is 2.15 bits per heavy atom. The molecule has 0 aromatic heterocycles. The lowest BCUT2D eigenvalue weighted by Crippen LogP contribution is -1.92. The summed E-state index contributed by atoms with van der Waals surface area (Å²) in [5.41, 5.74) is 2.45. The summed E-state index contributed by atoms with van der Waals surface area (Å²) in [5.74, 6) is 0. The molecule has 1 nitrogen and oxygen atoms in total. The van der Waals surface area contributed by atoms with Crippen LogP contribution in [0.1, 0.15) is 24.5 Å². The third-order valence-electron chi connectivity index (χ3n) is 2.12. The van der Waals surface area contributed by atoms with E-state index in [0.717, 1.165) is 29.8 Å². The summed E-state index contributed by atoms with van der Waals surface area (Å²) in [6, 6.07) is 6.11. The molecule has 0 spiro atoms. The molecule has 0 radical (unpaired) electrons. The molecule has 1 N–H and O–H groups in total. The highest BCUT2D eigenvalue weighted by Gasteiger charge is 2.00. The van der Waals surface area contributed by atoms with Crippen LogP contribution in [0.15, 0.2) is 18.2 Å². The third kappa shape index (κ3) is 3.02. The van der Waals surface area contributed by atoms with E-state index in [9.17, 15) is 0 Å². The normalized spacial score (nSPS) is 10.4. The van der Waals surface area contributed by atoms with Crippen LogP contribution in [-0.2, 0) is 12.8 Å². The van der Waals surface area contributed by atoms with E-state index in [0.29, 0.717) is 0 Å². The number of hydrogen-bond donors (Lipinski definition) is 1. The number of hydrogen-bond acceptors (Lipinski definition) is 1. The van der Waals surface area contributed by atoms with Crippen LogP contribution >= 0.6 is 11.6 Å². The fraction of sp³-hybridized carbons (Fsp3) is 0.455. The van der Waals surface area contributed by atoms with Gasteiger partial charge in [0.05, 0.1) is 0 Å². The SMILES string of the molecule is CCc1ccc(Cl)c(CCCO)c1. The highest BCUT2D eigenvalue weighted by molar-refractivity contribution is 6.31. The van der Waals surface area contributed by atoms with E-state index in [2.05, 4.69) is 13.0 Å². The van der Waals surface area contributed by atoms with Crippen LogP contribution < -0.4 is 0 Å². The first-order valence-electron chi connectivity index (χ1n) is 4.66. The van der Waals surface area contributed by atoms with Crippen molar-refractivity contribution in [2.75, 3.05) is 6.61 Å². The van der Waals surface area contributed by atoms with Crippen LogP contribution in [0.2, 0.25) is 5.02 Å². The quantitative estimate of drug-likeness (QED) is 0.789. The monoisotopic (exact) mass is 198 g/mol. The van der Waals surface area contributed by atoms with Crippen LogP contribution in [-0.4, -0.2) is 11.7 Å². The minimum atomic E-state index is 0.229. The summed E-state index contributed by atoms with van der Waals surface area (Å²) in [6.45, 7) is 2.35. The number of rotatable bonds is 4. The Hall–Kier alpha value is -0.530. The zero-order valence-electron chi connectivity index (χ0n) is 7.89. The topological polar surface area (TPSA) is 20.2 Å². The maximum atomic E-state index is 8.70. The molecule has 0 amide bonds. The molecule has 0 aliphatic carbocycles. The number of aliphatic hydroxyl groups is 1. The number of benzene rings is 1. The number of aliphatic hydroxyl groups excluding tert-OH is 1. The van der Waals surface area contributed by atoms with Gasteiger partial charge >= 0.3 is 0 Å². The van der Waals surface area contributed by atoms with Gasteiger partial charge in [-0.25, -0.2) is 0 Å². The molecule has 0 aliphatic rings. The molecular weight excluding hydrogens is 184 g/mol. The zero-order chi connectivity index (χ0) is 9.68. The van der Waals surface area contributed by atoms with E-state index >= 15 is 0 Å². The van der Waals surface area contributed by atoms with Gasteiger partial charge in [-0.05, 0) is 36.5 Å². The predicted molar refractivity (Wildman–Crippen MR) is 56.2 cm³/mol. The van der Waals surface area contributed by atoms with E-state index in [-0.39, 0.29) is 6.61 Å². The highest BCUT2D eigenvalue weighted by atomic mass is 35.5. The van der Waals surface area contributed by atoms with Gasteiger partial charge in [0.1, 0.15) is 0 Å². The molecule has 0 heterocycles. The molecule has 0 saturated heterocycles. The fourth-order valence-electron chi connectivity index (χ4n) is 1.31. The Morgan fingerprint density at radius 3 is 2.77 bits per heavy atom. The van der Waals surface area contributed by atoms with E-state index < -0.39 is 0 Å². The minimum absolute atomic E-state index is 0.229. The van der Waals surface area contributed by atoms with Crippen molar-refractivity contribution in [2.24, 2.45) is 0 Å². The van der Waals surface area contributed by atoms with E-state index in [1.165, 1.54) is 5.56 Å². The Kier molecular flexibility index (Phi) is 4.26. The average Bonchev–Trinajstić information content (AvgIpc) is 2.17. The standard InChI is InChI=1S/C11H15ClO/c1-2-9-5-6-11(12)10(8-9)4-3-7-13/h5-6,8,13H,2-4,7H2,1H3. The third-order valence-corrected chi connectivity index (χ3v) is 2.49. The van der Waals surface area contributed by atoms with Crippen LogP contribution in [0.3, 0.4) is 0 Å². The molecule has 0 unspecified atom stereocenters. The van der Waals surface area contributed by atoms with E-state index in [1.807, 2.05) is 12.1 Å². The number of halogens is 1. The first kappa shape index (κ1) is 10.6. The predicted octanol–water partition coefficient (Wildman–Crippen LogP) is 2.83. The van der Waals surface area contributed by atoms with Gasteiger partial charge in [0, 0.05) is 11.6 Å². The summed E-state index contributed by atoms with van der Waals surface area (Å²) >= 11 is 6.01. The first-order chi connectivity index (χ1) is 6.27. The van der Waals surface area contributed by atoms with Gasteiger partial charge < -0.3 is 5.11 Å². The molecule has 0 bridgehead atoms. The summed E-state index contributed by atoms with van der Waals surface area (Å²) in [4.78, 5) is 0. The maximum absolute atomic E-state index is 8.70. The van der Waals surface area contributed by atoms with Crippen molar-refractivity contribution in [1.82, 2.24) is 0 Å². The molecule has 0 fully saturated rings. The molecule has 1 aromatic rings. The fourth-order valence-corrected chi connectivity index (χ4v) is 1.52. The van der Waals surface area contributed by atoms with Crippen molar-refractivity contribution in [3.05, 3.63) is 34.3 Å². The molecule has 1 rings (SSSR count). The van der Waals surface area contributed by atoms with Crippen LogP contribution in [0, 0.1) is 0 Å². The molecule has 72 valence electrons. The summed E-state index contributed by atoms with van der Waals surface area (Å²) < 4.78 is 0. The Labute approximate surface area is 84.4 Å². The lowest BCUT2D eigenvalue weighted by molar-refractivity contribution is 0.288. The lowest BCUT2D eigenvalue weighted by atomic mass is 10.1. The van der Waals surface area contributed by atoms with Crippen LogP contribution in [0.4, 0.5) is 0 Å². The molecular formula is C11H15ClO. The molecule has 1 aromatic carbocycles. The zero-order valence-corrected chi connectivity index (χ0v) is 8.64. The second-order valence-electron chi connectivity index (χ2n) is 3.11. The average molecular weight is 199 g/mol. The van der Waals surface area contributed by atoms with Crippen LogP contribution in [0.25, 0.3) is 0 Å². The van der Waals surface area contributed by atoms with Gasteiger partial charge in [-0.3, -0.25) is 0 Å². The summed E-state index contributed by atoms with van der Waals surface area (Å²) in [7, 11) is 0. The number of aryl methyl sites for hydroxylation is 2. The second-order valence-corrected chi connectivity index (χ2v) is 3.51. The van der Waals surface area contributed by atoms with E-state index in [1.54, 1.807) is 0 Å². The molecule has 0 aliphatic heterocycles. The summed E-state index contributed by atoms with van der Waals surface area (Å²) in [6.07, 6.45) is 2.68. The van der Waals surface area contributed by atoms with Gasteiger partial charge in [0.15, 0.2) is 0 Å². The Bertz CT molecular complexity index is 271. The van der Waals surface area contributed by atoms with Gasteiger partial charge in [-0.15, -0.1) is 0 Å². The van der Waals surface area contributed by atoms with Crippen molar-refractivity contribution in [3.8, 4) is 0 Å². The summed E-state index contributed by atoms with van der Waals surface area (Å²) in [5, 5.41) is 9.51. The van der Waals surface area contributed by atoms with Crippen molar-refractivity contribution >= 4 is 11.6 Å². The Morgan fingerprint density at radius 1 is 1.38 bits per heavy atom. The van der Waals surface area contributed by atoms with Crippen molar-refractivity contribution in [2.45, 2.75) is 26.2 Å². The minimum Gasteiger partial charge on any atom is -0.396 e. The van der Waals surface area contributed by atoms with E-state index in [4.69, 9.17) is 16.7 Å². The van der Waals surface area contributed by atoms with Crippen molar-refractivity contribution in [3.63, 3.8) is 0 Å². The Balaban J connectivity index is 2.78. The maximum Gasteiger partial charge on any atom is 0.0438 e. The van der Waals surface area contributed by atoms with Gasteiger partial charge in [0.2, 0.25) is 0 Å². The molecule has 0 saturated carbocycles. The molecule has 0 atom stereocenters. The second kappa shape index (κ2) is 5.25. The largest absolute Gasteiger partial charge is 0.396 e. The smallest absolute Gasteiger partial charge is 0.0438 e. The highest BCUT2D eigenvalue weighted by Crippen LogP contribution is 2.19. The van der Waals surface area contributed by atoms with Gasteiger partial charge in [-0.1, -0.05) is 30.7 Å². The van der Waals surface area contributed by atoms with Gasteiger partial charge in [-0.2, -0.15) is 0 Å². The van der Waals surface area contributed by atoms with Crippen molar-refractivity contribution in [1.29, 1.82) is 0 Å². The van der Waals surface area contributed by atoms with Crippen molar-refractivity contribution < 1.29 is 5.11 Å². The molecule has 2 heteroatoms. The van der Waals surface area contributed by atoms with Crippen LogP contribution in [0.5, 0.6) is 0 Å².